The number of rotatable bonds is 4. The van der Waals surface area contributed by atoms with Crippen LogP contribution in [0, 0.1) is 0 Å². The first-order chi connectivity index (χ1) is 15.0. The number of halogens is 3. The molecule has 2 N–H and O–H groups in total. The van der Waals surface area contributed by atoms with Crippen LogP contribution in [0.5, 0.6) is 0 Å². The van der Waals surface area contributed by atoms with E-state index in [1.165, 1.54) is 6.07 Å². The number of anilines is 1. The number of aromatic nitrogens is 4. The smallest absolute Gasteiger partial charge is 0.354 e. The Morgan fingerprint density at radius 1 is 0.968 bits per heavy atom. The Balaban J connectivity index is 1.24. The van der Waals surface area contributed by atoms with Crippen molar-refractivity contribution in [3.63, 3.8) is 0 Å². The van der Waals surface area contributed by atoms with Crippen LogP contribution in [0.15, 0.2) is 54.9 Å². The molecule has 5 rings (SSSR count). The van der Waals surface area contributed by atoms with Crippen molar-refractivity contribution in [2.24, 2.45) is 0 Å². The molecule has 0 atom stereocenters. The average Bonchev–Trinajstić information content (AvgIpc) is 3.40. The number of para-hydroxylation sites is 1. The van der Waals surface area contributed by atoms with E-state index in [0.717, 1.165) is 59.8 Å². The molecule has 3 aromatic heterocycles. The maximum atomic E-state index is 12.7. The zero-order chi connectivity index (χ0) is 21.4. The molecule has 0 saturated carbocycles. The van der Waals surface area contributed by atoms with Gasteiger partial charge in [-0.15, -0.1) is 0 Å². The van der Waals surface area contributed by atoms with Crippen molar-refractivity contribution < 1.29 is 13.2 Å². The number of nitrogens with zero attached hydrogens (tertiary/aromatic N) is 4. The SMILES string of the molecule is FC(F)(F)c1ccc(N2CCN(Cc3cn[nH]c3-c3cc4ccccc4[nH]3)CC2)nc1. The van der Waals surface area contributed by atoms with E-state index in [4.69, 9.17) is 0 Å². The highest BCUT2D eigenvalue weighted by Gasteiger charge is 2.31. The summed E-state index contributed by atoms with van der Waals surface area (Å²) in [7, 11) is 0. The number of nitrogens with one attached hydrogen (secondary N) is 2. The molecule has 31 heavy (non-hydrogen) atoms. The molecular formula is C22H21F3N6. The Labute approximate surface area is 176 Å². The maximum Gasteiger partial charge on any atom is 0.417 e. The van der Waals surface area contributed by atoms with Crippen LogP contribution in [0.25, 0.3) is 22.3 Å². The quantitative estimate of drug-likeness (QED) is 0.511. The molecule has 1 aromatic carbocycles. The minimum Gasteiger partial charge on any atom is -0.354 e. The van der Waals surface area contributed by atoms with Gasteiger partial charge in [-0.05, 0) is 24.3 Å². The second kappa shape index (κ2) is 7.73. The van der Waals surface area contributed by atoms with Crippen LogP contribution >= 0.6 is 0 Å². The lowest BCUT2D eigenvalue weighted by Gasteiger charge is -2.35. The van der Waals surface area contributed by atoms with E-state index in [-0.39, 0.29) is 0 Å². The van der Waals surface area contributed by atoms with Crippen LogP contribution in [0.3, 0.4) is 0 Å². The van der Waals surface area contributed by atoms with Gasteiger partial charge in [-0.3, -0.25) is 10.00 Å². The number of pyridine rings is 1. The third-order valence-corrected chi connectivity index (χ3v) is 5.68. The second-order valence-corrected chi connectivity index (χ2v) is 7.71. The first kappa shape index (κ1) is 19.6. The zero-order valence-electron chi connectivity index (χ0n) is 16.7. The van der Waals surface area contributed by atoms with Crippen molar-refractivity contribution in [2.75, 3.05) is 31.1 Å². The number of alkyl halides is 3. The Morgan fingerprint density at radius 2 is 1.77 bits per heavy atom. The molecule has 1 fully saturated rings. The second-order valence-electron chi connectivity index (χ2n) is 7.71. The van der Waals surface area contributed by atoms with E-state index in [1.807, 2.05) is 29.3 Å². The molecule has 0 bridgehead atoms. The zero-order valence-corrected chi connectivity index (χ0v) is 16.7. The van der Waals surface area contributed by atoms with Crippen molar-refractivity contribution in [1.29, 1.82) is 0 Å². The van der Waals surface area contributed by atoms with Crippen molar-refractivity contribution in [2.45, 2.75) is 12.7 Å². The van der Waals surface area contributed by atoms with Gasteiger partial charge in [-0.25, -0.2) is 4.98 Å². The molecule has 1 aliphatic heterocycles. The van der Waals surface area contributed by atoms with Gasteiger partial charge in [0.2, 0.25) is 0 Å². The number of hydrogen-bond donors (Lipinski definition) is 2. The largest absolute Gasteiger partial charge is 0.417 e. The number of fused-ring (bicyclic) bond motifs is 1. The summed E-state index contributed by atoms with van der Waals surface area (Å²) in [6.45, 7) is 3.74. The van der Waals surface area contributed by atoms with E-state index >= 15 is 0 Å². The fourth-order valence-electron chi connectivity index (χ4n) is 3.99. The molecule has 0 radical (unpaired) electrons. The van der Waals surface area contributed by atoms with Gasteiger partial charge in [0.05, 0.1) is 23.1 Å². The molecule has 0 amide bonds. The molecule has 1 aliphatic rings. The molecule has 0 spiro atoms. The van der Waals surface area contributed by atoms with Crippen molar-refractivity contribution in [1.82, 2.24) is 25.1 Å². The topological polar surface area (TPSA) is 63.8 Å². The molecule has 1 saturated heterocycles. The summed E-state index contributed by atoms with van der Waals surface area (Å²) in [5.41, 5.74) is 3.44. The number of piperazine rings is 1. The number of aromatic amines is 2. The third-order valence-electron chi connectivity index (χ3n) is 5.68. The first-order valence-corrected chi connectivity index (χ1v) is 10.1. The monoisotopic (exact) mass is 426 g/mol. The van der Waals surface area contributed by atoms with Gasteiger partial charge in [-0.2, -0.15) is 18.3 Å². The molecule has 0 aliphatic carbocycles. The van der Waals surface area contributed by atoms with E-state index in [1.54, 1.807) is 0 Å². The van der Waals surface area contributed by atoms with E-state index in [0.29, 0.717) is 18.9 Å². The fourth-order valence-corrected chi connectivity index (χ4v) is 3.99. The van der Waals surface area contributed by atoms with Crippen molar-refractivity contribution in [3.8, 4) is 11.4 Å². The number of benzene rings is 1. The minimum atomic E-state index is -4.36. The predicted octanol–water partition coefficient (Wildman–Crippen LogP) is 4.29. The average molecular weight is 426 g/mol. The van der Waals surface area contributed by atoms with Gasteiger partial charge in [0.1, 0.15) is 5.82 Å². The predicted molar refractivity (Wildman–Crippen MR) is 113 cm³/mol. The van der Waals surface area contributed by atoms with Crippen LogP contribution in [-0.4, -0.2) is 51.2 Å². The Bertz CT molecular complexity index is 1140. The number of hydrogen-bond acceptors (Lipinski definition) is 4. The summed E-state index contributed by atoms with van der Waals surface area (Å²) in [5.74, 6) is 0.578. The van der Waals surface area contributed by atoms with Crippen LogP contribution in [-0.2, 0) is 12.7 Å². The lowest BCUT2D eigenvalue weighted by molar-refractivity contribution is -0.137. The molecule has 160 valence electrons. The number of H-pyrrole nitrogens is 2. The summed E-state index contributed by atoms with van der Waals surface area (Å²) >= 11 is 0. The van der Waals surface area contributed by atoms with Crippen LogP contribution in [0.2, 0.25) is 0 Å². The Morgan fingerprint density at radius 3 is 2.48 bits per heavy atom. The van der Waals surface area contributed by atoms with Gasteiger partial charge >= 0.3 is 6.18 Å². The summed E-state index contributed by atoms with van der Waals surface area (Å²) in [5, 5.41) is 8.49. The van der Waals surface area contributed by atoms with Crippen molar-refractivity contribution >= 4 is 16.7 Å². The highest BCUT2D eigenvalue weighted by atomic mass is 19.4. The highest BCUT2D eigenvalue weighted by Crippen LogP contribution is 2.30. The minimum absolute atomic E-state index is 0.578. The molecule has 6 nitrogen and oxygen atoms in total. The van der Waals surface area contributed by atoms with Gasteiger partial charge < -0.3 is 9.88 Å². The fraction of sp³-hybridized carbons (Fsp3) is 0.273. The highest BCUT2D eigenvalue weighted by molar-refractivity contribution is 5.85. The lowest BCUT2D eigenvalue weighted by Crippen LogP contribution is -2.46. The summed E-state index contributed by atoms with van der Waals surface area (Å²) in [6.07, 6.45) is -1.61. The molecule has 0 unspecified atom stereocenters. The molecule has 4 aromatic rings. The maximum absolute atomic E-state index is 12.7. The lowest BCUT2D eigenvalue weighted by atomic mass is 10.1. The van der Waals surface area contributed by atoms with Gasteiger partial charge in [0, 0.05) is 55.4 Å². The summed E-state index contributed by atoms with van der Waals surface area (Å²) < 4.78 is 38.2. The molecule has 4 heterocycles. The van der Waals surface area contributed by atoms with Crippen LogP contribution in [0.4, 0.5) is 19.0 Å². The third kappa shape index (κ3) is 4.00. The van der Waals surface area contributed by atoms with Crippen LogP contribution in [0.1, 0.15) is 11.1 Å². The van der Waals surface area contributed by atoms with E-state index in [2.05, 4.69) is 37.2 Å². The van der Waals surface area contributed by atoms with E-state index in [9.17, 15) is 13.2 Å². The standard InChI is InChI=1S/C22H21F3N6/c23-22(24,25)17-5-6-20(26-13-17)31-9-7-30(8-10-31)14-16-12-27-29-21(16)19-11-15-3-1-2-4-18(15)28-19/h1-6,11-13,28H,7-10,14H2,(H,27,29). The van der Waals surface area contributed by atoms with E-state index < -0.39 is 11.7 Å². The van der Waals surface area contributed by atoms with Crippen molar-refractivity contribution in [3.05, 3.63) is 66.0 Å². The summed E-state index contributed by atoms with van der Waals surface area (Å²) in [6, 6.07) is 12.8. The molecular weight excluding hydrogens is 405 g/mol. The molecule has 9 heteroatoms. The van der Waals surface area contributed by atoms with Crippen LogP contribution < -0.4 is 4.90 Å². The summed E-state index contributed by atoms with van der Waals surface area (Å²) in [4.78, 5) is 11.8. The normalized spacial score (nSPS) is 15.6. The first-order valence-electron chi connectivity index (χ1n) is 10.1. The van der Waals surface area contributed by atoms with Gasteiger partial charge in [0.25, 0.3) is 0 Å². The van der Waals surface area contributed by atoms with Gasteiger partial charge in [0.15, 0.2) is 0 Å². The van der Waals surface area contributed by atoms with Gasteiger partial charge in [-0.1, -0.05) is 18.2 Å². The Kier molecular flexibility index (Phi) is 4.90. The Hall–Kier alpha value is -3.33.